The number of hydrogen-bond donors (Lipinski definition) is 2. The lowest BCUT2D eigenvalue weighted by molar-refractivity contribution is 0.224. The maximum Gasteiger partial charge on any atom is 0.0551 e. The molecule has 1 unspecified atom stereocenters. The van der Waals surface area contributed by atoms with E-state index < -0.39 is 0 Å². The minimum Gasteiger partial charge on any atom is -0.390 e. The van der Waals surface area contributed by atoms with Crippen molar-refractivity contribution in [1.29, 1.82) is 0 Å². The molecule has 1 atom stereocenters. The van der Waals surface area contributed by atoms with Crippen LogP contribution >= 0.6 is 0 Å². The molecule has 0 aromatic heterocycles. The van der Waals surface area contributed by atoms with Gasteiger partial charge in [0.05, 0.1) is 5.71 Å². The molecule has 2 aliphatic rings. The van der Waals surface area contributed by atoms with Gasteiger partial charge in [-0.1, -0.05) is 6.42 Å². The SMILES string of the molecule is CC1=N/C=C/NCCC2(CCCCN2)CC/N=C\1. The van der Waals surface area contributed by atoms with Crippen LogP contribution in [0.25, 0.3) is 0 Å². The first-order chi connectivity index (χ1) is 8.81. The Morgan fingerprint density at radius 3 is 2.94 bits per heavy atom. The van der Waals surface area contributed by atoms with E-state index in [-0.39, 0.29) is 0 Å². The van der Waals surface area contributed by atoms with E-state index in [1.807, 2.05) is 25.5 Å². The van der Waals surface area contributed by atoms with Gasteiger partial charge in [-0.3, -0.25) is 9.98 Å². The summed E-state index contributed by atoms with van der Waals surface area (Å²) in [4.78, 5) is 8.76. The van der Waals surface area contributed by atoms with Crippen LogP contribution < -0.4 is 10.6 Å². The Bertz CT molecular complexity index is 338. The molecule has 0 aromatic carbocycles. The van der Waals surface area contributed by atoms with Crippen molar-refractivity contribution in [2.24, 2.45) is 9.98 Å². The second-order valence-corrected chi connectivity index (χ2v) is 5.24. The van der Waals surface area contributed by atoms with Crippen LogP contribution in [-0.2, 0) is 0 Å². The average molecular weight is 248 g/mol. The average Bonchev–Trinajstić information content (AvgIpc) is 2.39. The smallest absolute Gasteiger partial charge is 0.0551 e. The summed E-state index contributed by atoms with van der Waals surface area (Å²) in [6, 6.07) is 0. The summed E-state index contributed by atoms with van der Waals surface area (Å²) in [5.74, 6) is 0. The van der Waals surface area contributed by atoms with E-state index >= 15 is 0 Å². The Morgan fingerprint density at radius 1 is 1.17 bits per heavy atom. The molecule has 1 fully saturated rings. The molecule has 1 saturated heterocycles. The van der Waals surface area contributed by atoms with Crippen LogP contribution in [0.4, 0.5) is 0 Å². The van der Waals surface area contributed by atoms with Crippen molar-refractivity contribution in [3.63, 3.8) is 0 Å². The van der Waals surface area contributed by atoms with Crippen LogP contribution in [-0.4, -0.2) is 37.1 Å². The minimum atomic E-state index is 0.292. The lowest BCUT2D eigenvalue weighted by Crippen LogP contribution is -2.50. The van der Waals surface area contributed by atoms with Gasteiger partial charge in [0.2, 0.25) is 0 Å². The van der Waals surface area contributed by atoms with Gasteiger partial charge in [-0.2, -0.15) is 0 Å². The highest BCUT2D eigenvalue weighted by Gasteiger charge is 2.30. The molecule has 2 N–H and O–H groups in total. The topological polar surface area (TPSA) is 48.8 Å². The van der Waals surface area contributed by atoms with E-state index in [2.05, 4.69) is 20.6 Å². The zero-order valence-corrected chi connectivity index (χ0v) is 11.3. The van der Waals surface area contributed by atoms with Crippen LogP contribution in [0.1, 0.15) is 39.0 Å². The Labute approximate surface area is 110 Å². The molecule has 1 spiro atoms. The molecule has 0 aromatic rings. The highest BCUT2D eigenvalue weighted by molar-refractivity contribution is 6.29. The Kier molecular flexibility index (Phi) is 4.93. The van der Waals surface area contributed by atoms with Crippen molar-refractivity contribution in [3.05, 3.63) is 12.4 Å². The van der Waals surface area contributed by atoms with Gasteiger partial charge in [-0.25, -0.2) is 0 Å². The summed E-state index contributed by atoms with van der Waals surface area (Å²) < 4.78 is 0. The first-order valence-electron chi connectivity index (χ1n) is 6.98. The molecule has 0 radical (unpaired) electrons. The molecular formula is C14H24N4. The second kappa shape index (κ2) is 6.69. The fourth-order valence-electron chi connectivity index (χ4n) is 2.69. The summed E-state index contributed by atoms with van der Waals surface area (Å²) in [6.07, 6.45) is 11.8. The van der Waals surface area contributed by atoms with Crippen LogP contribution in [0.15, 0.2) is 22.4 Å². The molecule has 2 aliphatic heterocycles. The molecular weight excluding hydrogens is 224 g/mol. The highest BCUT2D eigenvalue weighted by atomic mass is 15.0. The largest absolute Gasteiger partial charge is 0.390 e. The number of piperidine rings is 1. The molecule has 2 heterocycles. The number of nitrogens with one attached hydrogen (secondary N) is 2. The van der Waals surface area contributed by atoms with E-state index in [1.165, 1.54) is 19.3 Å². The van der Waals surface area contributed by atoms with E-state index in [0.717, 1.165) is 38.2 Å². The molecule has 100 valence electrons. The molecule has 0 saturated carbocycles. The van der Waals surface area contributed by atoms with Gasteiger partial charge in [0.1, 0.15) is 0 Å². The standard InChI is InChI=1S/C14H24N4/c1-13-12-16-9-6-14(4-2-3-7-18-14)5-8-15-10-11-17-13/h10-12,15,18H,2-9H2,1H3/b11-10+,16-12-,17-13-. The minimum absolute atomic E-state index is 0.292. The maximum absolute atomic E-state index is 4.49. The maximum atomic E-state index is 4.49. The van der Waals surface area contributed by atoms with E-state index in [1.54, 1.807) is 0 Å². The van der Waals surface area contributed by atoms with E-state index in [0.29, 0.717) is 5.54 Å². The van der Waals surface area contributed by atoms with Gasteiger partial charge >= 0.3 is 0 Å². The van der Waals surface area contributed by atoms with Crippen molar-refractivity contribution in [1.82, 2.24) is 10.6 Å². The highest BCUT2D eigenvalue weighted by Crippen LogP contribution is 2.26. The number of rotatable bonds is 0. The summed E-state index contributed by atoms with van der Waals surface area (Å²) in [5, 5.41) is 7.05. The van der Waals surface area contributed by atoms with Crippen molar-refractivity contribution in [2.75, 3.05) is 19.6 Å². The third-order valence-electron chi connectivity index (χ3n) is 3.80. The fraction of sp³-hybridized carbons (Fsp3) is 0.714. The molecule has 0 amide bonds. The van der Waals surface area contributed by atoms with Crippen LogP contribution in [0.3, 0.4) is 0 Å². The Hall–Kier alpha value is -1.16. The van der Waals surface area contributed by atoms with Crippen molar-refractivity contribution >= 4 is 11.9 Å². The Morgan fingerprint density at radius 2 is 2.11 bits per heavy atom. The number of aliphatic imine (C=N–C) groups is 2. The molecule has 2 rings (SSSR count). The predicted molar refractivity (Wildman–Crippen MR) is 77.4 cm³/mol. The number of nitrogens with zero attached hydrogens (tertiary/aromatic N) is 2. The van der Waals surface area contributed by atoms with Gasteiger partial charge < -0.3 is 10.6 Å². The van der Waals surface area contributed by atoms with Gasteiger partial charge in [0.15, 0.2) is 0 Å². The Balaban J connectivity index is 2.02. The van der Waals surface area contributed by atoms with Crippen LogP contribution in [0.2, 0.25) is 0 Å². The van der Waals surface area contributed by atoms with Gasteiger partial charge in [0, 0.05) is 37.2 Å². The van der Waals surface area contributed by atoms with Crippen LogP contribution in [0.5, 0.6) is 0 Å². The summed E-state index contributed by atoms with van der Waals surface area (Å²) in [6.45, 7) is 5.03. The lowest BCUT2D eigenvalue weighted by Gasteiger charge is -2.38. The van der Waals surface area contributed by atoms with Crippen molar-refractivity contribution < 1.29 is 0 Å². The third-order valence-corrected chi connectivity index (χ3v) is 3.80. The molecule has 4 heteroatoms. The molecule has 0 bridgehead atoms. The molecule has 0 aliphatic carbocycles. The zero-order chi connectivity index (χ0) is 12.7. The van der Waals surface area contributed by atoms with E-state index in [4.69, 9.17) is 0 Å². The van der Waals surface area contributed by atoms with Gasteiger partial charge in [-0.15, -0.1) is 0 Å². The first kappa shape index (κ1) is 13.3. The second-order valence-electron chi connectivity index (χ2n) is 5.24. The molecule has 18 heavy (non-hydrogen) atoms. The predicted octanol–water partition coefficient (Wildman–Crippen LogP) is 1.89. The quantitative estimate of drug-likeness (QED) is 0.687. The number of hydrogen-bond acceptors (Lipinski definition) is 4. The van der Waals surface area contributed by atoms with Gasteiger partial charge in [-0.05, 0) is 39.2 Å². The van der Waals surface area contributed by atoms with Crippen molar-refractivity contribution in [2.45, 2.75) is 44.6 Å². The first-order valence-corrected chi connectivity index (χ1v) is 6.98. The lowest BCUT2D eigenvalue weighted by atomic mass is 9.83. The van der Waals surface area contributed by atoms with Crippen molar-refractivity contribution in [3.8, 4) is 0 Å². The normalized spacial score (nSPS) is 36.6. The third kappa shape index (κ3) is 3.95. The summed E-state index contributed by atoms with van der Waals surface area (Å²) in [5.41, 5.74) is 1.25. The molecule has 4 nitrogen and oxygen atoms in total. The monoisotopic (exact) mass is 248 g/mol. The van der Waals surface area contributed by atoms with Crippen LogP contribution in [0, 0.1) is 0 Å². The zero-order valence-electron chi connectivity index (χ0n) is 11.3. The summed E-state index contributed by atoms with van der Waals surface area (Å²) >= 11 is 0. The van der Waals surface area contributed by atoms with Gasteiger partial charge in [0.25, 0.3) is 0 Å². The fourth-order valence-corrected chi connectivity index (χ4v) is 2.69. The van der Waals surface area contributed by atoms with E-state index in [9.17, 15) is 0 Å². The summed E-state index contributed by atoms with van der Waals surface area (Å²) in [7, 11) is 0.